The normalized spacial score (nSPS) is 13.6. The lowest BCUT2D eigenvalue weighted by atomic mass is 10.1. The lowest BCUT2D eigenvalue weighted by Gasteiger charge is -2.18. The van der Waals surface area contributed by atoms with Crippen molar-refractivity contribution < 1.29 is 9.47 Å². The number of aromatic nitrogens is 2. The van der Waals surface area contributed by atoms with E-state index < -0.39 is 0 Å². The summed E-state index contributed by atoms with van der Waals surface area (Å²) in [4.78, 5) is 19.0. The predicted molar refractivity (Wildman–Crippen MR) is 75.4 cm³/mol. The van der Waals surface area contributed by atoms with Crippen molar-refractivity contribution in [1.82, 2.24) is 9.97 Å². The number of nitrogens with zero attached hydrogens (tertiary/aromatic N) is 1. The number of hydrogen-bond acceptors (Lipinski definition) is 4. The second-order valence-electron chi connectivity index (χ2n) is 5.03. The van der Waals surface area contributed by atoms with Gasteiger partial charge < -0.3 is 14.5 Å². The molecular weight excluding hydrogens is 256 g/mol. The second-order valence-corrected chi connectivity index (χ2v) is 5.03. The molecule has 0 atom stereocenters. The van der Waals surface area contributed by atoms with Gasteiger partial charge >= 0.3 is 0 Å². The van der Waals surface area contributed by atoms with Crippen LogP contribution in [0.5, 0.6) is 11.5 Å². The van der Waals surface area contributed by atoms with Gasteiger partial charge in [0.1, 0.15) is 19.0 Å². The predicted octanol–water partition coefficient (Wildman–Crippen LogP) is 2.33. The summed E-state index contributed by atoms with van der Waals surface area (Å²) >= 11 is 0. The second kappa shape index (κ2) is 5.00. The molecule has 0 saturated carbocycles. The van der Waals surface area contributed by atoms with Crippen LogP contribution in [-0.2, 0) is 0 Å². The van der Waals surface area contributed by atoms with Gasteiger partial charge in [-0.1, -0.05) is 13.8 Å². The molecule has 1 aromatic carbocycles. The molecule has 0 radical (unpaired) electrons. The quantitative estimate of drug-likeness (QED) is 0.911. The standard InChI is InChI=1S/C15H16N2O3/c1-9(2)15-16-11(8-14(18)17-15)10-3-4-12-13(7-10)20-6-5-19-12/h3-4,7-9H,5-6H2,1-2H3,(H,16,17,18). The van der Waals surface area contributed by atoms with Crippen LogP contribution in [-0.4, -0.2) is 23.2 Å². The number of nitrogens with one attached hydrogen (secondary N) is 1. The molecule has 1 N–H and O–H groups in total. The lowest BCUT2D eigenvalue weighted by Crippen LogP contribution is -2.15. The van der Waals surface area contributed by atoms with Crippen LogP contribution in [0.1, 0.15) is 25.6 Å². The van der Waals surface area contributed by atoms with Gasteiger partial charge in [-0.2, -0.15) is 0 Å². The highest BCUT2D eigenvalue weighted by Gasteiger charge is 2.14. The van der Waals surface area contributed by atoms with Crippen molar-refractivity contribution in [2.45, 2.75) is 19.8 Å². The highest BCUT2D eigenvalue weighted by Crippen LogP contribution is 2.33. The smallest absolute Gasteiger partial charge is 0.251 e. The van der Waals surface area contributed by atoms with E-state index in [2.05, 4.69) is 9.97 Å². The summed E-state index contributed by atoms with van der Waals surface area (Å²) in [5.74, 6) is 2.28. The molecule has 20 heavy (non-hydrogen) atoms. The van der Waals surface area contributed by atoms with Crippen LogP contribution in [0.3, 0.4) is 0 Å². The van der Waals surface area contributed by atoms with Crippen molar-refractivity contribution in [1.29, 1.82) is 0 Å². The Kier molecular flexibility index (Phi) is 3.18. The molecule has 2 aromatic rings. The van der Waals surface area contributed by atoms with E-state index in [4.69, 9.17) is 9.47 Å². The Hall–Kier alpha value is -2.30. The fraction of sp³-hybridized carbons (Fsp3) is 0.333. The first-order chi connectivity index (χ1) is 9.63. The zero-order chi connectivity index (χ0) is 14.1. The monoisotopic (exact) mass is 272 g/mol. The zero-order valence-electron chi connectivity index (χ0n) is 11.5. The van der Waals surface area contributed by atoms with E-state index in [1.54, 1.807) is 0 Å². The first-order valence-electron chi connectivity index (χ1n) is 6.65. The molecule has 0 aliphatic carbocycles. The van der Waals surface area contributed by atoms with Gasteiger partial charge in [-0.15, -0.1) is 0 Å². The van der Waals surface area contributed by atoms with Gasteiger partial charge in [-0.25, -0.2) is 4.98 Å². The van der Waals surface area contributed by atoms with Gasteiger partial charge in [0.2, 0.25) is 0 Å². The third-order valence-electron chi connectivity index (χ3n) is 3.14. The van der Waals surface area contributed by atoms with Crippen molar-refractivity contribution in [3.05, 3.63) is 40.4 Å². The minimum Gasteiger partial charge on any atom is -0.486 e. The number of benzene rings is 1. The molecule has 2 heterocycles. The first kappa shape index (κ1) is 12.7. The van der Waals surface area contributed by atoms with Gasteiger partial charge in [0.25, 0.3) is 5.56 Å². The average molecular weight is 272 g/mol. The molecular formula is C15H16N2O3. The third kappa shape index (κ3) is 2.39. The van der Waals surface area contributed by atoms with Gasteiger partial charge in [0.15, 0.2) is 11.5 Å². The topological polar surface area (TPSA) is 64.2 Å². The van der Waals surface area contributed by atoms with Gasteiger partial charge in [-0.05, 0) is 18.2 Å². The van der Waals surface area contributed by atoms with Crippen molar-refractivity contribution in [3.8, 4) is 22.8 Å². The molecule has 0 bridgehead atoms. The first-order valence-corrected chi connectivity index (χ1v) is 6.65. The summed E-state index contributed by atoms with van der Waals surface area (Å²) in [6, 6.07) is 7.10. The number of hydrogen-bond donors (Lipinski definition) is 1. The summed E-state index contributed by atoms with van der Waals surface area (Å²) < 4.78 is 11.0. The van der Waals surface area contributed by atoms with E-state index in [0.29, 0.717) is 30.5 Å². The van der Waals surface area contributed by atoms with Crippen molar-refractivity contribution >= 4 is 0 Å². The molecule has 3 rings (SSSR count). The van der Waals surface area contributed by atoms with Crippen LogP contribution in [0.25, 0.3) is 11.3 Å². The van der Waals surface area contributed by atoms with Crippen LogP contribution in [0.4, 0.5) is 0 Å². The lowest BCUT2D eigenvalue weighted by molar-refractivity contribution is 0.171. The maximum Gasteiger partial charge on any atom is 0.251 e. The van der Waals surface area contributed by atoms with Crippen LogP contribution < -0.4 is 15.0 Å². The molecule has 5 heteroatoms. The van der Waals surface area contributed by atoms with Crippen molar-refractivity contribution in [2.75, 3.05) is 13.2 Å². The number of ether oxygens (including phenoxy) is 2. The summed E-state index contributed by atoms with van der Waals surface area (Å²) in [7, 11) is 0. The number of aromatic amines is 1. The van der Waals surface area contributed by atoms with Crippen LogP contribution in [0.2, 0.25) is 0 Å². The maximum atomic E-state index is 11.7. The van der Waals surface area contributed by atoms with E-state index in [1.165, 1.54) is 6.07 Å². The molecule has 104 valence electrons. The van der Waals surface area contributed by atoms with E-state index in [1.807, 2.05) is 32.0 Å². The Balaban J connectivity index is 2.06. The zero-order valence-corrected chi connectivity index (χ0v) is 11.5. The minimum absolute atomic E-state index is 0.145. The molecule has 0 saturated heterocycles. The van der Waals surface area contributed by atoms with Gasteiger partial charge in [-0.3, -0.25) is 4.79 Å². The number of H-pyrrole nitrogens is 1. The van der Waals surface area contributed by atoms with Crippen LogP contribution in [0.15, 0.2) is 29.1 Å². The van der Waals surface area contributed by atoms with Crippen LogP contribution >= 0.6 is 0 Å². The molecule has 0 unspecified atom stereocenters. The van der Waals surface area contributed by atoms with Crippen LogP contribution in [0, 0.1) is 0 Å². The van der Waals surface area contributed by atoms with Gasteiger partial charge in [0.05, 0.1) is 5.69 Å². The average Bonchev–Trinajstić information content (AvgIpc) is 2.46. The van der Waals surface area contributed by atoms with E-state index in [-0.39, 0.29) is 11.5 Å². The Labute approximate surface area is 116 Å². The fourth-order valence-corrected chi connectivity index (χ4v) is 2.10. The Morgan fingerprint density at radius 1 is 1.15 bits per heavy atom. The van der Waals surface area contributed by atoms with Crippen molar-refractivity contribution in [2.24, 2.45) is 0 Å². The molecule has 1 aromatic heterocycles. The fourth-order valence-electron chi connectivity index (χ4n) is 2.10. The molecule has 0 fully saturated rings. The minimum atomic E-state index is -0.145. The third-order valence-corrected chi connectivity index (χ3v) is 3.14. The summed E-state index contributed by atoms with van der Waals surface area (Å²) in [6.45, 7) is 5.08. The van der Waals surface area contributed by atoms with E-state index >= 15 is 0 Å². The summed E-state index contributed by atoms with van der Waals surface area (Å²) in [5.41, 5.74) is 1.35. The number of rotatable bonds is 2. The summed E-state index contributed by atoms with van der Waals surface area (Å²) in [5, 5.41) is 0. The Bertz CT molecular complexity index is 692. The number of fused-ring (bicyclic) bond motifs is 1. The molecule has 1 aliphatic heterocycles. The summed E-state index contributed by atoms with van der Waals surface area (Å²) in [6.07, 6.45) is 0. The highest BCUT2D eigenvalue weighted by molar-refractivity contribution is 5.64. The Morgan fingerprint density at radius 2 is 1.90 bits per heavy atom. The molecule has 5 nitrogen and oxygen atoms in total. The Morgan fingerprint density at radius 3 is 2.65 bits per heavy atom. The van der Waals surface area contributed by atoms with E-state index in [9.17, 15) is 4.79 Å². The van der Waals surface area contributed by atoms with E-state index in [0.717, 1.165) is 11.3 Å². The molecule has 0 spiro atoms. The van der Waals surface area contributed by atoms with Gasteiger partial charge in [0, 0.05) is 17.5 Å². The largest absolute Gasteiger partial charge is 0.486 e. The SMILES string of the molecule is CC(C)c1nc(-c2ccc3c(c2)OCCO3)cc(=O)[nH]1. The molecule has 1 aliphatic rings. The van der Waals surface area contributed by atoms with Crippen molar-refractivity contribution in [3.63, 3.8) is 0 Å². The maximum absolute atomic E-state index is 11.7. The highest BCUT2D eigenvalue weighted by atomic mass is 16.6. The molecule has 0 amide bonds.